The van der Waals surface area contributed by atoms with Crippen molar-refractivity contribution < 1.29 is 15.3 Å². The van der Waals surface area contributed by atoms with E-state index in [-0.39, 0.29) is 11.2 Å². The second kappa shape index (κ2) is 4.07. The first-order chi connectivity index (χ1) is 7.18. The maximum atomic E-state index is 9.86. The lowest BCUT2D eigenvalue weighted by Crippen LogP contribution is -2.26. The summed E-state index contributed by atoms with van der Waals surface area (Å²) in [6, 6.07) is 5.16. The number of phenols is 1. The van der Waals surface area contributed by atoms with Gasteiger partial charge in [-0.2, -0.15) is 0 Å². The minimum absolute atomic E-state index is 0.0199. The number of aliphatic hydroxyl groups is 2. The van der Waals surface area contributed by atoms with E-state index >= 15 is 0 Å². The molecule has 0 radical (unpaired) electrons. The van der Waals surface area contributed by atoms with E-state index in [0.29, 0.717) is 5.56 Å². The van der Waals surface area contributed by atoms with Gasteiger partial charge in [-0.05, 0) is 24.0 Å². The number of phenolic OH excluding ortho intramolecular Hbond substituents is 1. The van der Waals surface area contributed by atoms with Crippen molar-refractivity contribution in [3.05, 3.63) is 29.3 Å². The van der Waals surface area contributed by atoms with Crippen LogP contribution in [-0.4, -0.2) is 21.9 Å². The SMILES string of the molecule is CC(C)(C)c1ccc(C(C)(O)CO)c(O)c1. The normalized spacial score (nSPS) is 15.9. The molecule has 0 fully saturated rings. The first-order valence-corrected chi connectivity index (χ1v) is 5.36. The molecule has 90 valence electrons. The number of rotatable bonds is 2. The fourth-order valence-electron chi connectivity index (χ4n) is 1.54. The topological polar surface area (TPSA) is 60.7 Å². The zero-order chi connectivity index (χ0) is 12.6. The molecule has 3 nitrogen and oxygen atoms in total. The summed E-state index contributed by atoms with van der Waals surface area (Å²) in [4.78, 5) is 0. The molecule has 0 saturated heterocycles. The first-order valence-electron chi connectivity index (χ1n) is 5.36. The monoisotopic (exact) mass is 224 g/mol. The lowest BCUT2D eigenvalue weighted by Gasteiger charge is -2.25. The number of hydrogen-bond donors (Lipinski definition) is 3. The Labute approximate surface area is 96.4 Å². The van der Waals surface area contributed by atoms with Gasteiger partial charge in [-0.3, -0.25) is 0 Å². The third kappa shape index (κ3) is 2.54. The van der Waals surface area contributed by atoms with E-state index in [9.17, 15) is 10.2 Å². The van der Waals surface area contributed by atoms with Crippen LogP contribution < -0.4 is 0 Å². The molecule has 0 saturated carbocycles. The molecular formula is C13H20O3. The van der Waals surface area contributed by atoms with Crippen molar-refractivity contribution in [1.82, 2.24) is 0 Å². The Hall–Kier alpha value is -1.06. The fourth-order valence-corrected chi connectivity index (χ4v) is 1.54. The van der Waals surface area contributed by atoms with Gasteiger partial charge in [-0.15, -0.1) is 0 Å². The lowest BCUT2D eigenvalue weighted by molar-refractivity contribution is -0.00401. The van der Waals surface area contributed by atoms with Gasteiger partial charge in [0.05, 0.1) is 6.61 Å². The summed E-state index contributed by atoms with van der Waals surface area (Å²) in [5.41, 5.74) is -0.118. The van der Waals surface area contributed by atoms with E-state index in [1.807, 2.05) is 26.8 Å². The molecule has 0 spiro atoms. The van der Waals surface area contributed by atoms with Crippen LogP contribution in [0.3, 0.4) is 0 Å². The van der Waals surface area contributed by atoms with Crippen LogP contribution in [0.2, 0.25) is 0 Å². The largest absolute Gasteiger partial charge is 0.508 e. The third-order valence-corrected chi connectivity index (χ3v) is 2.75. The van der Waals surface area contributed by atoms with E-state index in [0.717, 1.165) is 5.56 Å². The number of benzene rings is 1. The van der Waals surface area contributed by atoms with Gasteiger partial charge in [0.1, 0.15) is 11.4 Å². The minimum Gasteiger partial charge on any atom is -0.508 e. The van der Waals surface area contributed by atoms with E-state index in [2.05, 4.69) is 0 Å². The van der Waals surface area contributed by atoms with Gasteiger partial charge >= 0.3 is 0 Å². The molecule has 0 amide bonds. The quantitative estimate of drug-likeness (QED) is 0.719. The van der Waals surface area contributed by atoms with Crippen molar-refractivity contribution in [2.45, 2.75) is 38.7 Å². The summed E-state index contributed by atoms with van der Waals surface area (Å²) in [7, 11) is 0. The van der Waals surface area contributed by atoms with Crippen LogP contribution >= 0.6 is 0 Å². The van der Waals surface area contributed by atoms with E-state index in [1.165, 1.54) is 6.92 Å². The van der Waals surface area contributed by atoms with Gasteiger partial charge in [0.25, 0.3) is 0 Å². The summed E-state index contributed by atoms with van der Waals surface area (Å²) < 4.78 is 0. The summed E-state index contributed by atoms with van der Waals surface area (Å²) >= 11 is 0. The van der Waals surface area contributed by atoms with Crippen molar-refractivity contribution in [2.24, 2.45) is 0 Å². The Balaban J connectivity index is 3.20. The molecule has 1 unspecified atom stereocenters. The predicted octanol–water partition coefficient (Wildman–Crippen LogP) is 1.89. The molecule has 1 atom stereocenters. The average molecular weight is 224 g/mol. The van der Waals surface area contributed by atoms with Crippen LogP contribution in [0.25, 0.3) is 0 Å². The molecule has 16 heavy (non-hydrogen) atoms. The Morgan fingerprint density at radius 3 is 2.06 bits per heavy atom. The van der Waals surface area contributed by atoms with Crippen LogP contribution in [0.4, 0.5) is 0 Å². The van der Waals surface area contributed by atoms with Crippen LogP contribution in [0.1, 0.15) is 38.8 Å². The van der Waals surface area contributed by atoms with Gasteiger partial charge in [-0.25, -0.2) is 0 Å². The fraction of sp³-hybridized carbons (Fsp3) is 0.538. The van der Waals surface area contributed by atoms with Gasteiger partial charge in [-0.1, -0.05) is 32.9 Å². The van der Waals surface area contributed by atoms with Crippen molar-refractivity contribution in [3.63, 3.8) is 0 Å². The van der Waals surface area contributed by atoms with Crippen molar-refractivity contribution >= 4 is 0 Å². The lowest BCUT2D eigenvalue weighted by atomic mass is 9.84. The van der Waals surface area contributed by atoms with Crippen LogP contribution in [0, 0.1) is 0 Å². The van der Waals surface area contributed by atoms with Crippen molar-refractivity contribution in [1.29, 1.82) is 0 Å². The highest BCUT2D eigenvalue weighted by Gasteiger charge is 2.26. The Morgan fingerprint density at radius 1 is 1.12 bits per heavy atom. The Morgan fingerprint density at radius 2 is 1.69 bits per heavy atom. The van der Waals surface area contributed by atoms with Crippen LogP contribution in [-0.2, 0) is 11.0 Å². The summed E-state index contributed by atoms with van der Waals surface area (Å²) in [5.74, 6) is 0.0199. The molecule has 1 rings (SSSR count). The predicted molar refractivity (Wildman–Crippen MR) is 63.5 cm³/mol. The molecule has 3 heteroatoms. The highest BCUT2D eigenvalue weighted by atomic mass is 16.3. The molecule has 3 N–H and O–H groups in total. The molecule has 0 heterocycles. The van der Waals surface area contributed by atoms with Crippen LogP contribution in [0.15, 0.2) is 18.2 Å². The zero-order valence-electron chi connectivity index (χ0n) is 10.3. The van der Waals surface area contributed by atoms with E-state index in [4.69, 9.17) is 5.11 Å². The average Bonchev–Trinajstić information content (AvgIpc) is 2.16. The molecule has 0 aliphatic heterocycles. The summed E-state index contributed by atoms with van der Waals surface area (Å²) in [6.45, 7) is 7.19. The van der Waals surface area contributed by atoms with Crippen LogP contribution in [0.5, 0.6) is 5.75 Å². The van der Waals surface area contributed by atoms with Gasteiger partial charge < -0.3 is 15.3 Å². The molecule has 0 bridgehead atoms. The molecule has 0 aromatic heterocycles. The summed E-state index contributed by atoms with van der Waals surface area (Å²) in [5, 5.41) is 28.7. The highest BCUT2D eigenvalue weighted by molar-refractivity contribution is 5.42. The van der Waals surface area contributed by atoms with E-state index < -0.39 is 12.2 Å². The first kappa shape index (κ1) is 13.0. The Kier molecular flexibility index (Phi) is 3.31. The van der Waals surface area contributed by atoms with Crippen molar-refractivity contribution in [3.8, 4) is 5.75 Å². The second-order valence-electron chi connectivity index (χ2n) is 5.41. The number of aromatic hydroxyl groups is 1. The standard InChI is InChI=1S/C13H20O3/c1-12(2,3)9-5-6-10(11(15)7-9)13(4,16)8-14/h5-7,14-16H,8H2,1-4H3. The smallest absolute Gasteiger partial charge is 0.122 e. The number of hydrogen-bond acceptors (Lipinski definition) is 3. The number of aliphatic hydroxyl groups excluding tert-OH is 1. The minimum atomic E-state index is -1.40. The highest BCUT2D eigenvalue weighted by Crippen LogP contribution is 2.33. The molecule has 0 aliphatic rings. The third-order valence-electron chi connectivity index (χ3n) is 2.75. The maximum Gasteiger partial charge on any atom is 0.122 e. The summed E-state index contributed by atoms with van der Waals surface area (Å²) in [6.07, 6.45) is 0. The molecule has 1 aromatic rings. The second-order valence-corrected chi connectivity index (χ2v) is 5.41. The Bertz CT molecular complexity index is 375. The van der Waals surface area contributed by atoms with Gasteiger partial charge in [0.15, 0.2) is 0 Å². The van der Waals surface area contributed by atoms with Crippen molar-refractivity contribution in [2.75, 3.05) is 6.61 Å². The van der Waals surface area contributed by atoms with Gasteiger partial charge in [0, 0.05) is 5.56 Å². The van der Waals surface area contributed by atoms with Gasteiger partial charge in [0.2, 0.25) is 0 Å². The zero-order valence-corrected chi connectivity index (χ0v) is 10.3. The molecule has 1 aromatic carbocycles. The molecular weight excluding hydrogens is 204 g/mol. The van der Waals surface area contributed by atoms with E-state index in [1.54, 1.807) is 12.1 Å². The molecule has 0 aliphatic carbocycles. The maximum absolute atomic E-state index is 9.86.